The molecular formula is C16H23Cl2FN2. The highest BCUT2D eigenvalue weighted by Gasteiger charge is 2.24. The van der Waals surface area contributed by atoms with Crippen molar-refractivity contribution in [3.05, 3.63) is 33.6 Å². The molecular weight excluding hydrogens is 310 g/mol. The fourth-order valence-corrected chi connectivity index (χ4v) is 3.37. The predicted molar refractivity (Wildman–Crippen MR) is 87.7 cm³/mol. The minimum Gasteiger partial charge on any atom is -0.310 e. The van der Waals surface area contributed by atoms with Gasteiger partial charge in [-0.05, 0) is 63.9 Å². The Morgan fingerprint density at radius 3 is 2.62 bits per heavy atom. The van der Waals surface area contributed by atoms with E-state index in [1.165, 1.54) is 18.6 Å². The molecule has 1 heterocycles. The molecule has 1 fully saturated rings. The molecule has 2 atom stereocenters. The fourth-order valence-electron chi connectivity index (χ4n) is 2.82. The normalized spacial score (nSPS) is 21.2. The Morgan fingerprint density at radius 2 is 2.00 bits per heavy atom. The molecule has 5 heteroatoms. The van der Waals surface area contributed by atoms with Crippen molar-refractivity contribution in [3.8, 4) is 0 Å². The molecule has 1 saturated heterocycles. The van der Waals surface area contributed by atoms with E-state index in [-0.39, 0.29) is 11.1 Å². The first kappa shape index (κ1) is 17.0. The van der Waals surface area contributed by atoms with Gasteiger partial charge in [0.1, 0.15) is 5.82 Å². The van der Waals surface area contributed by atoms with Gasteiger partial charge in [-0.25, -0.2) is 4.39 Å². The topological polar surface area (TPSA) is 15.3 Å². The molecule has 0 radical (unpaired) electrons. The van der Waals surface area contributed by atoms with Gasteiger partial charge in [-0.2, -0.15) is 0 Å². The molecule has 2 nitrogen and oxygen atoms in total. The summed E-state index contributed by atoms with van der Waals surface area (Å²) in [6, 6.07) is 3.52. The zero-order chi connectivity index (χ0) is 15.6. The van der Waals surface area contributed by atoms with E-state index < -0.39 is 5.82 Å². The Balaban J connectivity index is 1.91. The Hall–Kier alpha value is -0.350. The van der Waals surface area contributed by atoms with Crippen LogP contribution in [0.3, 0.4) is 0 Å². The van der Waals surface area contributed by atoms with Crippen molar-refractivity contribution in [1.29, 1.82) is 0 Å². The third-order valence-electron chi connectivity index (χ3n) is 4.27. The Kier molecular flexibility index (Phi) is 5.89. The van der Waals surface area contributed by atoms with E-state index in [2.05, 4.69) is 24.1 Å². The molecule has 0 bridgehead atoms. The van der Waals surface area contributed by atoms with Crippen LogP contribution in [0.25, 0.3) is 0 Å². The van der Waals surface area contributed by atoms with Crippen LogP contribution in [0.5, 0.6) is 0 Å². The summed E-state index contributed by atoms with van der Waals surface area (Å²) in [5.74, 6) is 0.224. The summed E-state index contributed by atoms with van der Waals surface area (Å²) in [6.07, 6.45) is 1.21. The van der Waals surface area contributed by atoms with Gasteiger partial charge in [-0.1, -0.05) is 23.2 Å². The molecule has 1 aliphatic heterocycles. The van der Waals surface area contributed by atoms with E-state index in [0.29, 0.717) is 17.0 Å². The lowest BCUT2D eigenvalue weighted by Gasteiger charge is -2.22. The first-order valence-electron chi connectivity index (χ1n) is 7.50. The summed E-state index contributed by atoms with van der Waals surface area (Å²) in [5.41, 5.74) is 0.761. The summed E-state index contributed by atoms with van der Waals surface area (Å²) in [6.45, 7) is 9.67. The van der Waals surface area contributed by atoms with Gasteiger partial charge in [-0.3, -0.25) is 0 Å². The van der Waals surface area contributed by atoms with Crippen LogP contribution < -0.4 is 5.32 Å². The SMILES string of the molecule is CC(NCC1CCN(C(C)C)C1)c1cc(F)c(Cl)cc1Cl. The van der Waals surface area contributed by atoms with Crippen LogP contribution in [0.15, 0.2) is 12.1 Å². The van der Waals surface area contributed by atoms with Gasteiger partial charge in [-0.15, -0.1) is 0 Å². The number of nitrogens with zero attached hydrogens (tertiary/aromatic N) is 1. The zero-order valence-electron chi connectivity index (χ0n) is 12.8. The van der Waals surface area contributed by atoms with Gasteiger partial charge in [0.25, 0.3) is 0 Å². The minimum absolute atomic E-state index is 0.0115. The van der Waals surface area contributed by atoms with Gasteiger partial charge in [0.05, 0.1) is 5.02 Å². The third-order valence-corrected chi connectivity index (χ3v) is 4.88. The van der Waals surface area contributed by atoms with Crippen LogP contribution in [0, 0.1) is 11.7 Å². The summed E-state index contributed by atoms with van der Waals surface area (Å²) >= 11 is 11.9. The van der Waals surface area contributed by atoms with E-state index in [1.54, 1.807) is 0 Å². The maximum atomic E-state index is 13.6. The van der Waals surface area contributed by atoms with Crippen molar-refractivity contribution in [1.82, 2.24) is 10.2 Å². The highest BCUT2D eigenvalue weighted by molar-refractivity contribution is 6.35. The molecule has 0 aromatic heterocycles. The Labute approximate surface area is 136 Å². The lowest BCUT2D eigenvalue weighted by molar-refractivity contribution is 0.263. The lowest BCUT2D eigenvalue weighted by atomic mass is 10.1. The third kappa shape index (κ3) is 4.32. The Bertz CT molecular complexity index is 493. The Morgan fingerprint density at radius 1 is 1.29 bits per heavy atom. The second-order valence-electron chi connectivity index (χ2n) is 6.16. The lowest BCUT2D eigenvalue weighted by Crippen LogP contribution is -2.31. The highest BCUT2D eigenvalue weighted by atomic mass is 35.5. The number of nitrogens with one attached hydrogen (secondary N) is 1. The average molecular weight is 333 g/mol. The van der Waals surface area contributed by atoms with E-state index in [9.17, 15) is 4.39 Å². The smallest absolute Gasteiger partial charge is 0.142 e. The van der Waals surface area contributed by atoms with Crippen molar-refractivity contribution < 1.29 is 4.39 Å². The molecule has 1 aliphatic rings. The first-order valence-corrected chi connectivity index (χ1v) is 8.26. The van der Waals surface area contributed by atoms with Crippen LogP contribution in [0.1, 0.15) is 38.8 Å². The number of halogens is 3. The van der Waals surface area contributed by atoms with Gasteiger partial charge < -0.3 is 10.2 Å². The highest BCUT2D eigenvalue weighted by Crippen LogP contribution is 2.29. The maximum absolute atomic E-state index is 13.6. The number of likely N-dealkylation sites (tertiary alicyclic amines) is 1. The molecule has 118 valence electrons. The fraction of sp³-hybridized carbons (Fsp3) is 0.625. The number of hydrogen-bond donors (Lipinski definition) is 1. The summed E-state index contributed by atoms with van der Waals surface area (Å²) in [7, 11) is 0. The predicted octanol–water partition coefficient (Wildman–Crippen LogP) is 4.51. The first-order chi connectivity index (χ1) is 9.88. The van der Waals surface area contributed by atoms with Gasteiger partial charge in [0.15, 0.2) is 0 Å². The molecule has 1 N–H and O–H groups in total. The van der Waals surface area contributed by atoms with E-state index in [0.717, 1.165) is 25.2 Å². The molecule has 1 aromatic rings. The van der Waals surface area contributed by atoms with Gasteiger partial charge in [0.2, 0.25) is 0 Å². The van der Waals surface area contributed by atoms with Crippen molar-refractivity contribution in [2.75, 3.05) is 19.6 Å². The summed E-state index contributed by atoms with van der Waals surface area (Å²) in [5, 5.41) is 4.05. The molecule has 0 spiro atoms. The van der Waals surface area contributed by atoms with Gasteiger partial charge in [0, 0.05) is 23.7 Å². The zero-order valence-corrected chi connectivity index (χ0v) is 14.3. The van der Waals surface area contributed by atoms with Crippen LogP contribution in [0.4, 0.5) is 4.39 Å². The van der Waals surface area contributed by atoms with Crippen LogP contribution >= 0.6 is 23.2 Å². The average Bonchev–Trinajstić information content (AvgIpc) is 2.89. The van der Waals surface area contributed by atoms with Crippen LogP contribution in [-0.2, 0) is 0 Å². The van der Waals surface area contributed by atoms with E-state index >= 15 is 0 Å². The molecule has 2 rings (SSSR count). The van der Waals surface area contributed by atoms with Crippen molar-refractivity contribution in [2.45, 2.75) is 39.3 Å². The number of benzene rings is 1. The maximum Gasteiger partial charge on any atom is 0.142 e. The standard InChI is InChI=1S/C16H23Cl2FN2/c1-10(2)21-5-4-12(9-21)8-20-11(3)13-6-16(19)15(18)7-14(13)17/h6-7,10-12,20H,4-5,8-9H2,1-3H3. The number of rotatable bonds is 5. The molecule has 0 saturated carbocycles. The van der Waals surface area contributed by atoms with Crippen LogP contribution in [-0.4, -0.2) is 30.6 Å². The van der Waals surface area contributed by atoms with Crippen molar-refractivity contribution in [3.63, 3.8) is 0 Å². The van der Waals surface area contributed by atoms with Crippen LogP contribution in [0.2, 0.25) is 10.0 Å². The number of hydrogen-bond acceptors (Lipinski definition) is 2. The molecule has 21 heavy (non-hydrogen) atoms. The summed E-state index contributed by atoms with van der Waals surface area (Å²) < 4.78 is 13.6. The molecule has 1 aromatic carbocycles. The van der Waals surface area contributed by atoms with E-state index in [4.69, 9.17) is 23.2 Å². The van der Waals surface area contributed by atoms with Crippen molar-refractivity contribution >= 4 is 23.2 Å². The quantitative estimate of drug-likeness (QED) is 0.798. The largest absolute Gasteiger partial charge is 0.310 e. The second kappa shape index (κ2) is 7.28. The molecule has 0 aliphatic carbocycles. The second-order valence-corrected chi connectivity index (χ2v) is 6.98. The van der Waals surface area contributed by atoms with Crippen molar-refractivity contribution in [2.24, 2.45) is 5.92 Å². The summed E-state index contributed by atoms with van der Waals surface area (Å²) in [4.78, 5) is 2.49. The monoisotopic (exact) mass is 332 g/mol. The molecule has 2 unspecified atom stereocenters. The minimum atomic E-state index is -0.420. The van der Waals surface area contributed by atoms with Gasteiger partial charge >= 0.3 is 0 Å². The molecule has 0 amide bonds. The van der Waals surface area contributed by atoms with E-state index in [1.807, 2.05) is 6.92 Å².